The number of benzene rings is 2. The molecule has 0 aliphatic carbocycles. The van der Waals surface area contributed by atoms with E-state index in [1.54, 1.807) is 0 Å². The standard InChI is InChI=1S/C29H39Cl2N3O2/c1-27(2,34-16-14-33(15-17-34)24-10-7-9-22(30)25(24)31)13-8-18-36-20-11-12-21-23(19-20)32-26(35)29(5,6)28(21,3)4/h7,9-12,19H,8,13-18H2,1-6H3,(H,32,35). The summed E-state index contributed by atoms with van der Waals surface area (Å²) < 4.78 is 6.10. The first-order valence-electron chi connectivity index (χ1n) is 12.9. The van der Waals surface area contributed by atoms with Crippen molar-refractivity contribution in [2.75, 3.05) is 43.0 Å². The highest BCUT2D eigenvalue weighted by Crippen LogP contribution is 2.49. The highest BCUT2D eigenvalue weighted by Gasteiger charge is 2.48. The van der Waals surface area contributed by atoms with Crippen LogP contribution in [0.4, 0.5) is 11.4 Å². The van der Waals surface area contributed by atoms with E-state index in [1.165, 1.54) is 0 Å². The van der Waals surface area contributed by atoms with Gasteiger partial charge in [0.1, 0.15) is 5.75 Å². The summed E-state index contributed by atoms with van der Waals surface area (Å²) in [5.74, 6) is 0.853. The lowest BCUT2D eigenvalue weighted by atomic mass is 9.61. The first kappa shape index (κ1) is 27.1. The third kappa shape index (κ3) is 5.07. The molecule has 2 heterocycles. The molecular formula is C29H39Cl2N3O2. The highest BCUT2D eigenvalue weighted by atomic mass is 35.5. The minimum absolute atomic E-state index is 0.0524. The normalized spacial score (nSPS) is 19.6. The largest absolute Gasteiger partial charge is 0.494 e. The number of nitrogens with zero attached hydrogens (tertiary/aromatic N) is 2. The van der Waals surface area contributed by atoms with Crippen molar-refractivity contribution in [3.63, 3.8) is 0 Å². The van der Waals surface area contributed by atoms with Crippen molar-refractivity contribution in [1.29, 1.82) is 0 Å². The van der Waals surface area contributed by atoms with Crippen LogP contribution in [0.2, 0.25) is 10.0 Å². The van der Waals surface area contributed by atoms with Gasteiger partial charge in [-0.2, -0.15) is 0 Å². The molecule has 36 heavy (non-hydrogen) atoms. The van der Waals surface area contributed by atoms with Gasteiger partial charge >= 0.3 is 0 Å². The average molecular weight is 533 g/mol. The Morgan fingerprint density at radius 1 is 1.00 bits per heavy atom. The van der Waals surface area contributed by atoms with Crippen LogP contribution in [0.25, 0.3) is 0 Å². The van der Waals surface area contributed by atoms with E-state index in [2.05, 4.69) is 48.9 Å². The first-order chi connectivity index (χ1) is 16.8. The molecule has 2 aromatic rings. The second-order valence-corrected chi connectivity index (χ2v) is 12.5. The molecule has 0 atom stereocenters. The van der Waals surface area contributed by atoms with Crippen LogP contribution < -0.4 is 15.0 Å². The van der Waals surface area contributed by atoms with Crippen molar-refractivity contribution < 1.29 is 9.53 Å². The van der Waals surface area contributed by atoms with Crippen LogP contribution in [0, 0.1) is 5.41 Å². The summed E-state index contributed by atoms with van der Waals surface area (Å²) in [6, 6.07) is 11.9. The Balaban J connectivity index is 1.28. The van der Waals surface area contributed by atoms with Crippen LogP contribution in [0.1, 0.15) is 59.9 Å². The second kappa shape index (κ2) is 10.1. The molecule has 0 radical (unpaired) electrons. The minimum atomic E-state index is -0.472. The Hall–Kier alpha value is -1.95. The van der Waals surface area contributed by atoms with Gasteiger partial charge in [-0.15, -0.1) is 0 Å². The molecule has 0 aromatic heterocycles. The molecule has 1 saturated heterocycles. The number of hydrogen-bond donors (Lipinski definition) is 1. The first-order valence-corrected chi connectivity index (χ1v) is 13.6. The third-order valence-electron chi connectivity index (χ3n) is 8.65. The number of fused-ring (bicyclic) bond motifs is 1. The van der Waals surface area contributed by atoms with Gasteiger partial charge in [0.25, 0.3) is 0 Å². The monoisotopic (exact) mass is 531 g/mol. The fraction of sp³-hybridized carbons (Fsp3) is 0.552. The van der Waals surface area contributed by atoms with Crippen molar-refractivity contribution in [3.05, 3.63) is 52.0 Å². The van der Waals surface area contributed by atoms with Crippen LogP contribution >= 0.6 is 23.2 Å². The van der Waals surface area contributed by atoms with Crippen LogP contribution in [0.5, 0.6) is 5.75 Å². The predicted molar refractivity (Wildman–Crippen MR) is 151 cm³/mol. The van der Waals surface area contributed by atoms with E-state index in [-0.39, 0.29) is 16.9 Å². The van der Waals surface area contributed by atoms with Gasteiger partial charge in [-0.25, -0.2) is 0 Å². The summed E-state index contributed by atoms with van der Waals surface area (Å²) in [6.45, 7) is 17.4. The van der Waals surface area contributed by atoms with E-state index in [0.29, 0.717) is 16.7 Å². The fourth-order valence-corrected chi connectivity index (χ4v) is 5.72. The number of halogens is 2. The number of amides is 1. The lowest BCUT2D eigenvalue weighted by Crippen LogP contribution is -2.54. The lowest BCUT2D eigenvalue weighted by Gasteiger charge is -2.45. The molecule has 0 saturated carbocycles. The van der Waals surface area contributed by atoms with Crippen LogP contribution in [0.15, 0.2) is 36.4 Å². The van der Waals surface area contributed by atoms with Gasteiger partial charge in [0.05, 0.1) is 27.8 Å². The number of carbonyl (C=O) groups excluding carboxylic acids is 1. The molecule has 0 spiro atoms. The molecule has 2 aliphatic heterocycles. The summed E-state index contributed by atoms with van der Waals surface area (Å²) in [4.78, 5) is 17.6. The average Bonchev–Trinajstić information content (AvgIpc) is 2.83. The quantitative estimate of drug-likeness (QED) is 0.390. The zero-order valence-electron chi connectivity index (χ0n) is 22.4. The number of rotatable bonds is 7. The van der Waals surface area contributed by atoms with E-state index in [1.807, 2.05) is 44.2 Å². The van der Waals surface area contributed by atoms with Crippen molar-refractivity contribution in [3.8, 4) is 5.75 Å². The molecule has 0 bridgehead atoms. The molecule has 5 nitrogen and oxygen atoms in total. The molecule has 1 amide bonds. The Bertz CT molecular complexity index is 1120. The van der Waals surface area contributed by atoms with Gasteiger partial charge in [0.2, 0.25) is 5.91 Å². The summed E-state index contributed by atoms with van der Waals surface area (Å²) in [5, 5.41) is 4.32. The summed E-state index contributed by atoms with van der Waals surface area (Å²) in [5.41, 5.74) is 2.38. The summed E-state index contributed by atoms with van der Waals surface area (Å²) in [6.07, 6.45) is 1.99. The molecule has 1 fully saturated rings. The Morgan fingerprint density at radius 3 is 2.39 bits per heavy atom. The second-order valence-electron chi connectivity index (χ2n) is 11.7. The fourth-order valence-electron chi connectivity index (χ4n) is 5.30. The molecule has 2 aromatic carbocycles. The van der Waals surface area contributed by atoms with Gasteiger partial charge in [-0.05, 0) is 50.5 Å². The van der Waals surface area contributed by atoms with E-state index < -0.39 is 5.41 Å². The maximum atomic E-state index is 12.7. The van der Waals surface area contributed by atoms with Crippen molar-refractivity contribution in [1.82, 2.24) is 4.90 Å². The Kier molecular flexibility index (Phi) is 7.58. The lowest BCUT2D eigenvalue weighted by molar-refractivity contribution is -0.127. The van der Waals surface area contributed by atoms with E-state index in [4.69, 9.17) is 27.9 Å². The van der Waals surface area contributed by atoms with Gasteiger partial charge in [-0.1, -0.05) is 63.0 Å². The summed E-state index contributed by atoms with van der Waals surface area (Å²) in [7, 11) is 0. The molecule has 2 aliphatic rings. The topological polar surface area (TPSA) is 44.8 Å². The maximum Gasteiger partial charge on any atom is 0.230 e. The predicted octanol–water partition coefficient (Wildman–Crippen LogP) is 7.01. The maximum absolute atomic E-state index is 12.7. The summed E-state index contributed by atoms with van der Waals surface area (Å²) >= 11 is 12.7. The Morgan fingerprint density at radius 2 is 1.69 bits per heavy atom. The van der Waals surface area contributed by atoms with E-state index >= 15 is 0 Å². The van der Waals surface area contributed by atoms with Crippen LogP contribution in [-0.2, 0) is 10.2 Å². The minimum Gasteiger partial charge on any atom is -0.494 e. The van der Waals surface area contributed by atoms with Gasteiger partial charge in [0.15, 0.2) is 0 Å². The highest BCUT2D eigenvalue weighted by molar-refractivity contribution is 6.43. The SMILES string of the molecule is CC(C)(CCCOc1ccc2c(c1)NC(=O)C(C)(C)C2(C)C)N1CCN(c2cccc(Cl)c2Cl)CC1. The molecule has 4 rings (SSSR count). The molecule has 0 unspecified atom stereocenters. The van der Waals surface area contributed by atoms with Crippen LogP contribution in [-0.4, -0.2) is 49.1 Å². The van der Waals surface area contributed by atoms with E-state index in [9.17, 15) is 4.79 Å². The number of nitrogens with one attached hydrogen (secondary N) is 1. The number of anilines is 2. The zero-order chi connectivity index (χ0) is 26.3. The number of piperazine rings is 1. The van der Waals surface area contributed by atoms with E-state index in [0.717, 1.165) is 61.7 Å². The smallest absolute Gasteiger partial charge is 0.230 e. The van der Waals surface area contributed by atoms with Gasteiger partial charge in [0, 0.05) is 48.9 Å². The molecule has 7 heteroatoms. The van der Waals surface area contributed by atoms with Gasteiger partial charge in [-0.3, -0.25) is 9.69 Å². The number of carbonyl (C=O) groups is 1. The van der Waals surface area contributed by atoms with Gasteiger partial charge < -0.3 is 15.0 Å². The van der Waals surface area contributed by atoms with Crippen molar-refractivity contribution in [2.45, 2.75) is 65.3 Å². The van der Waals surface area contributed by atoms with Crippen LogP contribution in [0.3, 0.4) is 0 Å². The third-order valence-corrected chi connectivity index (χ3v) is 9.46. The molecule has 1 N–H and O–H groups in total. The number of ether oxygens (including phenoxy) is 1. The molecule has 196 valence electrons. The van der Waals surface area contributed by atoms with Crippen molar-refractivity contribution >= 4 is 40.5 Å². The Labute approximate surface area is 226 Å². The molecular weight excluding hydrogens is 493 g/mol. The zero-order valence-corrected chi connectivity index (χ0v) is 23.9. The van der Waals surface area contributed by atoms with Crippen molar-refractivity contribution in [2.24, 2.45) is 5.41 Å². The number of hydrogen-bond acceptors (Lipinski definition) is 4.